The first-order valence-corrected chi connectivity index (χ1v) is 8.27. The summed E-state index contributed by atoms with van der Waals surface area (Å²) in [7, 11) is 1.82. The van der Waals surface area contributed by atoms with Crippen LogP contribution in [-0.2, 0) is 4.79 Å². The molecule has 1 saturated heterocycles. The maximum absolute atomic E-state index is 11.5. The van der Waals surface area contributed by atoms with E-state index >= 15 is 0 Å². The molecule has 1 unspecified atom stereocenters. The number of aromatic nitrogens is 1. The lowest BCUT2D eigenvalue weighted by Crippen LogP contribution is -2.31. The zero-order valence-corrected chi connectivity index (χ0v) is 14.3. The van der Waals surface area contributed by atoms with Crippen LogP contribution in [-0.4, -0.2) is 36.9 Å². The molecule has 2 aromatic rings. The van der Waals surface area contributed by atoms with Crippen LogP contribution in [0.25, 0.3) is 16.3 Å². The van der Waals surface area contributed by atoms with Gasteiger partial charge in [-0.1, -0.05) is 0 Å². The summed E-state index contributed by atoms with van der Waals surface area (Å²) >= 11 is 0. The lowest BCUT2D eigenvalue weighted by Gasteiger charge is -2.14. The Morgan fingerprint density at radius 1 is 1.48 bits per heavy atom. The Labute approximate surface area is 146 Å². The largest absolute Gasteiger partial charge is 0.475 e. The standard InChI is InChI=1S/C19H21N3O3/c1-12(9-20-2)16-8-17-13(7-14(16)10-23)5-6-21-19(17)25-11-15-3-4-18(24)22-15/h5-10,15,20H,3-4,11H2,1-2H3,(H,22,24)/b12-9-. The van der Waals surface area contributed by atoms with Crippen LogP contribution in [0.15, 0.2) is 30.6 Å². The van der Waals surface area contributed by atoms with Crippen LogP contribution in [0.4, 0.5) is 0 Å². The number of pyridine rings is 1. The molecule has 6 nitrogen and oxygen atoms in total. The molecule has 0 spiro atoms. The smallest absolute Gasteiger partial charge is 0.221 e. The Bertz CT molecular complexity index is 845. The Morgan fingerprint density at radius 3 is 3.00 bits per heavy atom. The van der Waals surface area contributed by atoms with Crippen LogP contribution >= 0.6 is 0 Å². The summed E-state index contributed by atoms with van der Waals surface area (Å²) in [5, 5.41) is 7.60. The fraction of sp³-hybridized carbons (Fsp3) is 0.316. The first kappa shape index (κ1) is 17.0. The minimum atomic E-state index is 0.0178. The van der Waals surface area contributed by atoms with Gasteiger partial charge in [-0.25, -0.2) is 4.98 Å². The second-order valence-electron chi connectivity index (χ2n) is 6.12. The van der Waals surface area contributed by atoms with E-state index in [1.807, 2.05) is 38.4 Å². The molecule has 0 aliphatic carbocycles. The maximum atomic E-state index is 11.5. The summed E-state index contributed by atoms with van der Waals surface area (Å²) in [5.41, 5.74) is 2.41. The van der Waals surface area contributed by atoms with E-state index in [9.17, 15) is 9.59 Å². The van der Waals surface area contributed by atoms with Gasteiger partial charge in [0, 0.05) is 30.6 Å². The van der Waals surface area contributed by atoms with Crippen LogP contribution < -0.4 is 15.4 Å². The van der Waals surface area contributed by atoms with E-state index in [1.165, 1.54) is 0 Å². The van der Waals surface area contributed by atoms with Gasteiger partial charge in [0.15, 0.2) is 6.29 Å². The third-order valence-corrected chi connectivity index (χ3v) is 4.32. The molecule has 1 aromatic heterocycles. The number of carbonyl (C=O) groups is 2. The van der Waals surface area contributed by atoms with Crippen LogP contribution in [0, 0.1) is 0 Å². The van der Waals surface area contributed by atoms with E-state index in [2.05, 4.69) is 15.6 Å². The topological polar surface area (TPSA) is 80.3 Å². The highest BCUT2D eigenvalue weighted by Gasteiger charge is 2.21. The van der Waals surface area contributed by atoms with Crippen LogP contribution in [0.1, 0.15) is 35.7 Å². The quantitative estimate of drug-likeness (QED) is 0.789. The second kappa shape index (κ2) is 7.34. The number of aldehydes is 1. The monoisotopic (exact) mass is 339 g/mol. The average Bonchev–Trinajstić information content (AvgIpc) is 3.04. The number of allylic oxidation sites excluding steroid dienone is 1. The fourth-order valence-electron chi connectivity index (χ4n) is 3.04. The Morgan fingerprint density at radius 2 is 2.32 bits per heavy atom. The van der Waals surface area contributed by atoms with Crippen molar-refractivity contribution in [1.82, 2.24) is 15.6 Å². The molecular formula is C19H21N3O3. The van der Waals surface area contributed by atoms with Gasteiger partial charge in [0.1, 0.15) is 6.61 Å². The summed E-state index contributed by atoms with van der Waals surface area (Å²) < 4.78 is 5.87. The summed E-state index contributed by atoms with van der Waals surface area (Å²) in [6.07, 6.45) is 5.68. The Hall–Kier alpha value is -2.89. The third-order valence-electron chi connectivity index (χ3n) is 4.32. The highest BCUT2D eigenvalue weighted by molar-refractivity contribution is 5.97. The van der Waals surface area contributed by atoms with Gasteiger partial charge in [0.2, 0.25) is 11.8 Å². The highest BCUT2D eigenvalue weighted by Crippen LogP contribution is 2.29. The average molecular weight is 339 g/mol. The van der Waals surface area contributed by atoms with E-state index in [0.29, 0.717) is 24.5 Å². The van der Waals surface area contributed by atoms with Gasteiger partial charge in [-0.05, 0) is 54.3 Å². The molecule has 6 heteroatoms. The molecule has 3 rings (SSSR count). The van der Waals surface area contributed by atoms with E-state index in [1.54, 1.807) is 6.20 Å². The molecule has 1 aliphatic heterocycles. The molecule has 2 heterocycles. The molecule has 0 saturated carbocycles. The zero-order chi connectivity index (χ0) is 17.8. The van der Waals surface area contributed by atoms with Crippen LogP contribution in [0.2, 0.25) is 0 Å². The zero-order valence-electron chi connectivity index (χ0n) is 14.3. The normalized spacial score (nSPS) is 17.4. The predicted octanol–water partition coefficient (Wildman–Crippen LogP) is 2.28. The molecule has 1 atom stereocenters. The molecule has 0 radical (unpaired) electrons. The van der Waals surface area contributed by atoms with Crippen molar-refractivity contribution >= 4 is 28.5 Å². The van der Waals surface area contributed by atoms with Crippen LogP contribution in [0.5, 0.6) is 5.88 Å². The van der Waals surface area contributed by atoms with Crippen molar-refractivity contribution in [3.05, 3.63) is 41.7 Å². The van der Waals surface area contributed by atoms with Gasteiger partial charge in [-0.15, -0.1) is 0 Å². The first-order valence-electron chi connectivity index (χ1n) is 8.27. The first-order chi connectivity index (χ1) is 12.1. The minimum Gasteiger partial charge on any atom is -0.475 e. The van der Waals surface area contributed by atoms with E-state index in [-0.39, 0.29) is 11.9 Å². The molecular weight excluding hydrogens is 318 g/mol. The molecule has 25 heavy (non-hydrogen) atoms. The van der Waals surface area contributed by atoms with Crippen molar-refractivity contribution in [2.24, 2.45) is 0 Å². The minimum absolute atomic E-state index is 0.0178. The van der Waals surface area contributed by atoms with Gasteiger partial charge >= 0.3 is 0 Å². The van der Waals surface area contributed by atoms with Gasteiger partial charge in [-0.3, -0.25) is 9.59 Å². The third kappa shape index (κ3) is 3.63. The molecule has 2 N–H and O–H groups in total. The number of nitrogens with zero attached hydrogens (tertiary/aromatic N) is 1. The number of hydrogen-bond acceptors (Lipinski definition) is 5. The van der Waals surface area contributed by atoms with E-state index < -0.39 is 0 Å². The van der Waals surface area contributed by atoms with Crippen molar-refractivity contribution in [1.29, 1.82) is 0 Å². The van der Waals surface area contributed by atoms with Crippen molar-refractivity contribution in [3.63, 3.8) is 0 Å². The fourth-order valence-corrected chi connectivity index (χ4v) is 3.04. The number of ether oxygens (including phenoxy) is 1. The van der Waals surface area contributed by atoms with Crippen molar-refractivity contribution in [2.45, 2.75) is 25.8 Å². The van der Waals surface area contributed by atoms with E-state index in [0.717, 1.165) is 34.6 Å². The SMILES string of the molecule is CN/C=C(/C)c1cc2c(OCC3CCC(=O)N3)nccc2cc1C=O. The van der Waals surface area contributed by atoms with E-state index in [4.69, 9.17) is 4.74 Å². The molecule has 130 valence electrons. The molecule has 1 aromatic carbocycles. The Kier molecular flexibility index (Phi) is 4.97. The number of nitrogens with one attached hydrogen (secondary N) is 2. The van der Waals surface area contributed by atoms with Gasteiger partial charge in [-0.2, -0.15) is 0 Å². The molecule has 1 amide bonds. The number of amides is 1. The number of hydrogen-bond donors (Lipinski definition) is 2. The lowest BCUT2D eigenvalue weighted by atomic mass is 9.98. The molecule has 1 fully saturated rings. The molecule has 1 aliphatic rings. The van der Waals surface area contributed by atoms with Crippen molar-refractivity contribution in [2.75, 3.05) is 13.7 Å². The number of fused-ring (bicyclic) bond motifs is 1. The predicted molar refractivity (Wildman–Crippen MR) is 96.5 cm³/mol. The summed E-state index contributed by atoms with van der Waals surface area (Å²) in [5.74, 6) is 0.569. The number of carbonyl (C=O) groups excluding carboxylic acids is 2. The highest BCUT2D eigenvalue weighted by atomic mass is 16.5. The Balaban J connectivity index is 1.95. The van der Waals surface area contributed by atoms with Gasteiger partial charge in [0.25, 0.3) is 0 Å². The summed E-state index contributed by atoms with van der Waals surface area (Å²) in [4.78, 5) is 27.1. The van der Waals surface area contributed by atoms with Crippen LogP contribution in [0.3, 0.4) is 0 Å². The summed E-state index contributed by atoms with van der Waals surface area (Å²) in [6.45, 7) is 2.32. The number of benzene rings is 1. The number of rotatable bonds is 6. The molecule has 0 bridgehead atoms. The van der Waals surface area contributed by atoms with Crippen molar-refractivity contribution < 1.29 is 14.3 Å². The lowest BCUT2D eigenvalue weighted by molar-refractivity contribution is -0.119. The van der Waals surface area contributed by atoms with Gasteiger partial charge < -0.3 is 15.4 Å². The maximum Gasteiger partial charge on any atom is 0.221 e. The van der Waals surface area contributed by atoms with Gasteiger partial charge in [0.05, 0.1) is 6.04 Å². The summed E-state index contributed by atoms with van der Waals surface area (Å²) in [6, 6.07) is 5.64. The second-order valence-corrected chi connectivity index (χ2v) is 6.12. The van der Waals surface area contributed by atoms with Crippen molar-refractivity contribution in [3.8, 4) is 5.88 Å².